The third kappa shape index (κ3) is 4.18. The average molecular weight is 269 g/mol. The Bertz CT molecular complexity index is 469. The minimum absolute atomic E-state index is 0.0493. The summed E-state index contributed by atoms with van der Waals surface area (Å²) in [5.41, 5.74) is 0.564. The Labute approximate surface area is 110 Å². The number of hydrogen-bond donors (Lipinski definition) is 1. The van der Waals surface area contributed by atoms with E-state index >= 15 is 0 Å². The first kappa shape index (κ1) is 14.2. The molecule has 6 heteroatoms. The first-order valence-electron chi connectivity index (χ1n) is 5.31. The zero-order chi connectivity index (χ0) is 13.5. The number of esters is 1. The van der Waals surface area contributed by atoms with Gasteiger partial charge in [-0.15, -0.1) is 0 Å². The number of Topliss-reactive ketones (excluding diaryl/α,β-unsaturated/α-hetero) is 1. The topological polar surface area (TPSA) is 68.3 Å². The van der Waals surface area contributed by atoms with Gasteiger partial charge in [0.05, 0.1) is 18.5 Å². The van der Waals surface area contributed by atoms with Gasteiger partial charge in [-0.25, -0.2) is 9.78 Å². The van der Waals surface area contributed by atoms with Crippen LogP contribution in [0.15, 0.2) is 30.1 Å². The second kappa shape index (κ2) is 6.76. The lowest BCUT2D eigenvalue weighted by molar-refractivity contribution is -0.139. The van der Waals surface area contributed by atoms with E-state index in [-0.39, 0.29) is 18.0 Å². The molecule has 0 unspecified atom stereocenters. The van der Waals surface area contributed by atoms with Crippen LogP contribution in [0.1, 0.15) is 13.8 Å². The summed E-state index contributed by atoms with van der Waals surface area (Å²) in [5, 5.41) is 3.15. The van der Waals surface area contributed by atoms with Crippen LogP contribution in [0.3, 0.4) is 0 Å². The Balaban J connectivity index is 2.80. The molecule has 0 aliphatic rings. The Morgan fingerprint density at radius 1 is 1.50 bits per heavy atom. The lowest BCUT2D eigenvalue weighted by Crippen LogP contribution is -2.15. The summed E-state index contributed by atoms with van der Waals surface area (Å²) < 4.78 is 4.77. The van der Waals surface area contributed by atoms with Gasteiger partial charge in [-0.05, 0) is 26.0 Å². The molecule has 0 atom stereocenters. The van der Waals surface area contributed by atoms with E-state index in [1.165, 1.54) is 19.3 Å². The molecule has 18 heavy (non-hydrogen) atoms. The fraction of sp³-hybridized carbons (Fsp3) is 0.250. The van der Waals surface area contributed by atoms with E-state index in [1.54, 1.807) is 19.1 Å². The van der Waals surface area contributed by atoms with Crippen LogP contribution >= 0.6 is 11.6 Å². The van der Waals surface area contributed by atoms with E-state index in [0.717, 1.165) is 0 Å². The first-order chi connectivity index (χ1) is 8.54. The SMILES string of the molecule is CCOC(=O)/C(=C\Nc1ccc(Cl)nc1)C(C)=O. The van der Waals surface area contributed by atoms with Crippen molar-refractivity contribution in [1.29, 1.82) is 0 Å². The molecule has 0 fully saturated rings. The minimum atomic E-state index is -0.653. The number of rotatable bonds is 5. The number of nitrogens with one attached hydrogen (secondary N) is 1. The summed E-state index contributed by atoms with van der Waals surface area (Å²) in [4.78, 5) is 26.6. The molecule has 0 aliphatic carbocycles. The molecular formula is C12H13ClN2O3. The van der Waals surface area contributed by atoms with Crippen LogP contribution in [0.5, 0.6) is 0 Å². The lowest BCUT2D eigenvalue weighted by Gasteiger charge is -2.05. The highest BCUT2D eigenvalue weighted by Gasteiger charge is 2.15. The van der Waals surface area contributed by atoms with Crippen molar-refractivity contribution in [3.05, 3.63) is 35.3 Å². The zero-order valence-electron chi connectivity index (χ0n) is 10.1. The van der Waals surface area contributed by atoms with Gasteiger partial charge in [-0.2, -0.15) is 0 Å². The average Bonchev–Trinajstić information content (AvgIpc) is 2.31. The standard InChI is InChI=1S/C12H13ClN2O3/c1-3-18-12(17)10(8(2)16)7-14-9-4-5-11(13)15-6-9/h4-7,14H,3H2,1-2H3/b10-7-. The Kier molecular flexibility index (Phi) is 5.32. The molecule has 0 saturated carbocycles. The van der Waals surface area contributed by atoms with Gasteiger partial charge in [0.15, 0.2) is 5.78 Å². The quantitative estimate of drug-likeness (QED) is 0.291. The summed E-state index contributed by atoms with van der Waals surface area (Å²) in [6, 6.07) is 3.27. The van der Waals surface area contributed by atoms with E-state index in [9.17, 15) is 9.59 Å². The van der Waals surface area contributed by atoms with Crippen LogP contribution in [0.4, 0.5) is 5.69 Å². The first-order valence-corrected chi connectivity index (χ1v) is 5.68. The maximum absolute atomic E-state index is 11.5. The summed E-state index contributed by atoms with van der Waals surface area (Å²) in [6.45, 7) is 3.18. The number of nitrogens with zero attached hydrogens (tertiary/aromatic N) is 1. The van der Waals surface area contributed by atoms with Crippen LogP contribution in [-0.2, 0) is 14.3 Å². The van der Waals surface area contributed by atoms with Gasteiger partial charge in [-0.3, -0.25) is 4.79 Å². The monoisotopic (exact) mass is 268 g/mol. The second-order valence-electron chi connectivity index (χ2n) is 3.35. The third-order valence-electron chi connectivity index (χ3n) is 1.99. The molecular weight excluding hydrogens is 256 g/mol. The molecule has 0 bridgehead atoms. The summed E-state index contributed by atoms with van der Waals surface area (Å²) >= 11 is 5.63. The smallest absolute Gasteiger partial charge is 0.343 e. The fourth-order valence-electron chi connectivity index (χ4n) is 1.13. The molecule has 1 heterocycles. The normalized spacial score (nSPS) is 10.9. The van der Waals surface area contributed by atoms with Crippen molar-refractivity contribution in [2.45, 2.75) is 13.8 Å². The number of ether oxygens (including phenoxy) is 1. The van der Waals surface area contributed by atoms with Crippen molar-refractivity contribution in [2.75, 3.05) is 11.9 Å². The molecule has 0 spiro atoms. The van der Waals surface area contributed by atoms with Crippen LogP contribution in [0.2, 0.25) is 5.15 Å². The maximum atomic E-state index is 11.5. The number of hydrogen-bond acceptors (Lipinski definition) is 5. The number of ketones is 1. The van der Waals surface area contributed by atoms with E-state index in [1.807, 2.05) is 0 Å². The van der Waals surface area contributed by atoms with Crippen molar-refractivity contribution in [3.63, 3.8) is 0 Å². The predicted molar refractivity (Wildman–Crippen MR) is 68.3 cm³/mol. The third-order valence-corrected chi connectivity index (χ3v) is 2.21. The molecule has 1 aromatic heterocycles. The van der Waals surface area contributed by atoms with Crippen molar-refractivity contribution < 1.29 is 14.3 Å². The van der Waals surface area contributed by atoms with Crippen LogP contribution < -0.4 is 5.32 Å². The van der Waals surface area contributed by atoms with Gasteiger partial charge in [-0.1, -0.05) is 11.6 Å². The van der Waals surface area contributed by atoms with E-state index in [4.69, 9.17) is 16.3 Å². The number of carbonyl (C=O) groups excluding carboxylic acids is 2. The van der Waals surface area contributed by atoms with Gasteiger partial charge >= 0.3 is 5.97 Å². The van der Waals surface area contributed by atoms with Crippen molar-refractivity contribution >= 4 is 29.0 Å². The lowest BCUT2D eigenvalue weighted by atomic mass is 10.2. The summed E-state index contributed by atoms with van der Waals surface area (Å²) in [6.07, 6.45) is 2.78. The molecule has 0 aromatic carbocycles. The highest BCUT2D eigenvalue weighted by molar-refractivity contribution is 6.29. The molecule has 0 amide bonds. The zero-order valence-corrected chi connectivity index (χ0v) is 10.8. The molecule has 5 nitrogen and oxygen atoms in total. The maximum Gasteiger partial charge on any atom is 0.343 e. The van der Waals surface area contributed by atoms with E-state index < -0.39 is 5.97 Å². The van der Waals surface area contributed by atoms with Crippen molar-refractivity contribution in [2.24, 2.45) is 0 Å². The number of pyridine rings is 1. The van der Waals surface area contributed by atoms with Gasteiger partial charge in [0.1, 0.15) is 10.7 Å². The predicted octanol–water partition coefficient (Wildman–Crippen LogP) is 2.18. The van der Waals surface area contributed by atoms with Crippen LogP contribution in [0.25, 0.3) is 0 Å². The molecule has 96 valence electrons. The van der Waals surface area contributed by atoms with Crippen molar-refractivity contribution in [1.82, 2.24) is 4.98 Å². The van der Waals surface area contributed by atoms with Gasteiger partial charge < -0.3 is 10.1 Å². The number of carbonyl (C=O) groups is 2. The number of aromatic nitrogens is 1. The number of anilines is 1. The van der Waals surface area contributed by atoms with Crippen molar-refractivity contribution in [3.8, 4) is 0 Å². The van der Waals surface area contributed by atoms with Gasteiger partial charge in [0, 0.05) is 6.20 Å². The molecule has 0 radical (unpaired) electrons. The second-order valence-corrected chi connectivity index (χ2v) is 3.74. The Morgan fingerprint density at radius 2 is 2.22 bits per heavy atom. The van der Waals surface area contributed by atoms with E-state index in [0.29, 0.717) is 10.8 Å². The van der Waals surface area contributed by atoms with Crippen LogP contribution in [0, 0.1) is 0 Å². The summed E-state index contributed by atoms with van der Waals surface area (Å²) in [5.74, 6) is -1.03. The molecule has 1 rings (SSSR count). The molecule has 0 saturated heterocycles. The molecule has 1 N–H and O–H groups in total. The fourth-order valence-corrected chi connectivity index (χ4v) is 1.24. The Hall–Kier alpha value is -1.88. The van der Waals surface area contributed by atoms with Crippen LogP contribution in [-0.4, -0.2) is 23.3 Å². The largest absolute Gasteiger partial charge is 0.462 e. The highest BCUT2D eigenvalue weighted by Crippen LogP contribution is 2.10. The van der Waals surface area contributed by atoms with Gasteiger partial charge in [0.25, 0.3) is 0 Å². The molecule has 1 aromatic rings. The highest BCUT2D eigenvalue weighted by atomic mass is 35.5. The van der Waals surface area contributed by atoms with Gasteiger partial charge in [0.2, 0.25) is 0 Å². The minimum Gasteiger partial charge on any atom is -0.462 e. The van der Waals surface area contributed by atoms with E-state index in [2.05, 4.69) is 10.3 Å². The molecule has 0 aliphatic heterocycles. The summed E-state index contributed by atoms with van der Waals surface area (Å²) in [7, 11) is 0. The number of halogens is 1. The Morgan fingerprint density at radius 3 is 2.72 bits per heavy atom.